The van der Waals surface area contributed by atoms with E-state index >= 15 is 0 Å². The van der Waals surface area contributed by atoms with Crippen LogP contribution >= 0.6 is 11.6 Å². The highest BCUT2D eigenvalue weighted by Crippen LogP contribution is 2.33. The molecule has 0 aliphatic heterocycles. The number of rotatable bonds is 3. The maximum atomic E-state index is 13.4. The molecule has 1 aromatic carbocycles. The van der Waals surface area contributed by atoms with Crippen molar-refractivity contribution in [2.75, 3.05) is 7.11 Å². The molecular weight excluding hydrogens is 233 g/mol. The molecule has 16 heavy (non-hydrogen) atoms. The Morgan fingerprint density at radius 3 is 2.62 bits per heavy atom. The van der Waals surface area contributed by atoms with E-state index in [0.29, 0.717) is 5.56 Å². The molecule has 88 valence electrons. The predicted molar refractivity (Wildman–Crippen MR) is 60.7 cm³/mol. The number of methoxy groups -OCH3 is 1. The number of aryl methyl sites for hydroxylation is 1. The van der Waals surface area contributed by atoms with E-state index in [1.165, 1.54) is 20.1 Å². The first-order chi connectivity index (χ1) is 7.40. The highest BCUT2D eigenvalue weighted by molar-refractivity contribution is 6.34. The molecule has 0 spiro atoms. The van der Waals surface area contributed by atoms with Gasteiger partial charge in [-0.25, -0.2) is 4.39 Å². The van der Waals surface area contributed by atoms with Crippen LogP contribution in [0.5, 0.6) is 5.75 Å². The largest absolute Gasteiger partial charge is 0.496 e. The van der Waals surface area contributed by atoms with Crippen molar-refractivity contribution in [2.45, 2.75) is 19.9 Å². The first-order valence-corrected chi connectivity index (χ1v) is 5.10. The Kier molecular flexibility index (Phi) is 3.88. The molecule has 1 aromatic rings. The van der Waals surface area contributed by atoms with Crippen molar-refractivity contribution in [2.24, 2.45) is 5.73 Å². The number of hydrogen-bond acceptors (Lipinski definition) is 3. The van der Waals surface area contributed by atoms with Crippen molar-refractivity contribution in [3.8, 4) is 5.75 Å². The second-order valence-corrected chi connectivity index (χ2v) is 3.93. The number of carbonyl (C=O) groups is 1. The summed E-state index contributed by atoms with van der Waals surface area (Å²) in [5, 5.41) is -0.246. The summed E-state index contributed by atoms with van der Waals surface area (Å²) in [6.45, 7) is 3.15. The standard InChI is InChI=1S/C11H13ClFNO2/c1-5-4-7(13)9(12)8(11(5)16-3)10(15)6(2)14/h4,6H,14H2,1-3H3. The van der Waals surface area contributed by atoms with Crippen LogP contribution < -0.4 is 10.5 Å². The Balaban J connectivity index is 3.51. The topological polar surface area (TPSA) is 52.3 Å². The van der Waals surface area contributed by atoms with Gasteiger partial charge in [0.25, 0.3) is 0 Å². The van der Waals surface area contributed by atoms with Gasteiger partial charge in [-0.05, 0) is 25.5 Å². The predicted octanol–water partition coefficient (Wildman–Crippen LogP) is 2.33. The third-order valence-corrected chi connectivity index (χ3v) is 2.59. The van der Waals surface area contributed by atoms with Crippen molar-refractivity contribution < 1.29 is 13.9 Å². The maximum absolute atomic E-state index is 13.4. The molecule has 0 fully saturated rings. The summed E-state index contributed by atoms with van der Waals surface area (Å²) in [5.41, 5.74) is 5.99. The van der Waals surface area contributed by atoms with Crippen molar-refractivity contribution >= 4 is 17.4 Å². The van der Waals surface area contributed by atoms with Gasteiger partial charge >= 0.3 is 0 Å². The van der Waals surface area contributed by atoms with Gasteiger partial charge in [0.1, 0.15) is 11.6 Å². The summed E-state index contributed by atoms with van der Waals surface area (Å²) in [7, 11) is 1.40. The zero-order valence-electron chi connectivity index (χ0n) is 9.30. The fourth-order valence-electron chi connectivity index (χ4n) is 1.45. The number of nitrogens with two attached hydrogens (primary N) is 1. The van der Waals surface area contributed by atoms with Gasteiger partial charge in [-0.2, -0.15) is 0 Å². The van der Waals surface area contributed by atoms with Crippen LogP contribution in [0.3, 0.4) is 0 Å². The summed E-state index contributed by atoms with van der Waals surface area (Å²) in [4.78, 5) is 11.8. The molecular formula is C11H13ClFNO2. The molecule has 0 bridgehead atoms. The molecule has 5 heteroatoms. The van der Waals surface area contributed by atoms with E-state index in [0.717, 1.165) is 0 Å². The lowest BCUT2D eigenvalue weighted by molar-refractivity contribution is 0.0964. The number of halogens is 2. The number of benzene rings is 1. The minimum absolute atomic E-state index is 0.0108. The van der Waals surface area contributed by atoms with Gasteiger partial charge in [-0.3, -0.25) is 4.79 Å². The minimum atomic E-state index is -0.757. The SMILES string of the molecule is COc1c(C)cc(F)c(Cl)c1C(=O)C(C)N. The lowest BCUT2D eigenvalue weighted by atomic mass is 10.0. The van der Waals surface area contributed by atoms with Crippen LogP contribution in [0.1, 0.15) is 22.8 Å². The first kappa shape index (κ1) is 12.9. The number of hydrogen-bond donors (Lipinski definition) is 1. The van der Waals surface area contributed by atoms with Crippen molar-refractivity contribution in [3.05, 3.63) is 28.0 Å². The van der Waals surface area contributed by atoms with Crippen molar-refractivity contribution in [1.29, 1.82) is 0 Å². The Hall–Kier alpha value is -1.13. The summed E-state index contributed by atoms with van der Waals surface area (Å²) >= 11 is 5.76. The second-order valence-electron chi connectivity index (χ2n) is 3.55. The Morgan fingerprint density at radius 1 is 1.62 bits per heavy atom. The van der Waals surface area contributed by atoms with Crippen LogP contribution in [0.2, 0.25) is 5.02 Å². The molecule has 1 unspecified atom stereocenters. The monoisotopic (exact) mass is 245 g/mol. The van der Waals surface area contributed by atoms with Crippen molar-refractivity contribution in [3.63, 3.8) is 0 Å². The second kappa shape index (κ2) is 4.80. The van der Waals surface area contributed by atoms with Crippen LogP contribution in [-0.4, -0.2) is 18.9 Å². The quantitative estimate of drug-likeness (QED) is 0.832. The fraction of sp³-hybridized carbons (Fsp3) is 0.364. The lowest BCUT2D eigenvalue weighted by Crippen LogP contribution is -2.27. The van der Waals surface area contributed by atoms with Gasteiger partial charge in [0.2, 0.25) is 0 Å². The smallest absolute Gasteiger partial charge is 0.184 e. The molecule has 0 amide bonds. The number of carbonyl (C=O) groups excluding carboxylic acids is 1. The third-order valence-electron chi connectivity index (χ3n) is 2.22. The molecule has 0 saturated heterocycles. The third kappa shape index (κ3) is 2.18. The van der Waals surface area contributed by atoms with E-state index < -0.39 is 17.6 Å². The van der Waals surface area contributed by atoms with Crippen LogP contribution in [-0.2, 0) is 0 Å². The molecule has 0 aliphatic rings. The number of ether oxygens (including phenoxy) is 1. The molecule has 2 N–H and O–H groups in total. The highest BCUT2D eigenvalue weighted by Gasteiger charge is 2.24. The minimum Gasteiger partial charge on any atom is -0.496 e. The van der Waals surface area contributed by atoms with E-state index in [9.17, 15) is 9.18 Å². The van der Waals surface area contributed by atoms with E-state index in [1.54, 1.807) is 6.92 Å². The molecule has 1 rings (SSSR count). The number of ketones is 1. The Labute approximate surface area is 98.3 Å². The zero-order chi connectivity index (χ0) is 12.5. The van der Waals surface area contributed by atoms with Gasteiger partial charge in [0.15, 0.2) is 5.78 Å². The van der Waals surface area contributed by atoms with Gasteiger partial charge in [-0.1, -0.05) is 11.6 Å². The summed E-state index contributed by atoms with van der Waals surface area (Å²) in [5.74, 6) is -0.817. The van der Waals surface area contributed by atoms with Crippen LogP contribution in [0, 0.1) is 12.7 Å². The maximum Gasteiger partial charge on any atom is 0.184 e. The molecule has 0 radical (unpaired) electrons. The summed E-state index contributed by atoms with van der Waals surface area (Å²) in [6.07, 6.45) is 0. The normalized spacial score (nSPS) is 12.4. The average Bonchev–Trinajstić information content (AvgIpc) is 2.21. The van der Waals surface area contributed by atoms with E-state index in [-0.39, 0.29) is 16.3 Å². The molecule has 0 saturated carbocycles. The van der Waals surface area contributed by atoms with Gasteiger partial charge in [-0.15, -0.1) is 0 Å². The molecule has 3 nitrogen and oxygen atoms in total. The van der Waals surface area contributed by atoms with Crippen LogP contribution in [0.15, 0.2) is 6.07 Å². The lowest BCUT2D eigenvalue weighted by Gasteiger charge is -2.14. The summed E-state index contributed by atoms with van der Waals surface area (Å²) < 4.78 is 18.5. The number of Topliss-reactive ketones (excluding diaryl/α,β-unsaturated/α-hetero) is 1. The van der Waals surface area contributed by atoms with E-state index in [4.69, 9.17) is 22.1 Å². The van der Waals surface area contributed by atoms with E-state index in [2.05, 4.69) is 0 Å². The fourth-order valence-corrected chi connectivity index (χ4v) is 1.68. The Bertz CT molecular complexity index is 432. The molecule has 1 atom stereocenters. The van der Waals surface area contributed by atoms with Crippen LogP contribution in [0.4, 0.5) is 4.39 Å². The van der Waals surface area contributed by atoms with Crippen molar-refractivity contribution in [1.82, 2.24) is 0 Å². The summed E-state index contributed by atoms with van der Waals surface area (Å²) in [6, 6.07) is 0.465. The van der Waals surface area contributed by atoms with E-state index in [1.807, 2.05) is 0 Å². The van der Waals surface area contributed by atoms with Gasteiger partial charge in [0, 0.05) is 0 Å². The first-order valence-electron chi connectivity index (χ1n) is 4.72. The van der Waals surface area contributed by atoms with Gasteiger partial charge < -0.3 is 10.5 Å². The zero-order valence-corrected chi connectivity index (χ0v) is 10.1. The van der Waals surface area contributed by atoms with Gasteiger partial charge in [0.05, 0.1) is 23.7 Å². The van der Waals surface area contributed by atoms with Crippen LogP contribution in [0.25, 0.3) is 0 Å². The molecule has 0 aliphatic carbocycles. The molecule has 0 heterocycles. The average molecular weight is 246 g/mol. The highest BCUT2D eigenvalue weighted by atomic mass is 35.5. The molecule has 0 aromatic heterocycles. The Morgan fingerprint density at radius 2 is 2.19 bits per heavy atom.